The fourth-order valence-corrected chi connectivity index (χ4v) is 5.16. The summed E-state index contributed by atoms with van der Waals surface area (Å²) in [5.41, 5.74) is 6.11. The third-order valence-electron chi connectivity index (χ3n) is 4.99. The molecule has 2 heterocycles. The van der Waals surface area contributed by atoms with Crippen LogP contribution in [-0.2, 0) is 25.3 Å². The highest BCUT2D eigenvalue weighted by atomic mass is 31.2. The Morgan fingerprint density at radius 2 is 1.83 bits per heavy atom. The quantitative estimate of drug-likeness (QED) is 0.192. The van der Waals surface area contributed by atoms with Crippen LogP contribution in [-0.4, -0.2) is 54.3 Å². The summed E-state index contributed by atoms with van der Waals surface area (Å²) in [5, 5.41) is 16.4. The number of aromatic nitrogens is 4. The number of nitrogens with zero attached hydrogens (tertiary/aromatic N) is 5. The summed E-state index contributed by atoms with van der Waals surface area (Å²) < 4.78 is 26.8. The van der Waals surface area contributed by atoms with Crippen LogP contribution < -0.4 is 10.8 Å². The van der Waals surface area contributed by atoms with E-state index in [1.807, 2.05) is 0 Å². The minimum Gasteiger partial charge on any atom is -0.480 e. The molecule has 13 heteroatoms. The molecule has 0 radical (unpaired) electrons. The number of hydrogen-bond donors (Lipinski definition) is 3. The standard InChI is InChI=1S/C22H38N7O5P/c1-14(2)8-17(9-15(3)4)27-34-35(32,28-22(6,7)21(30)31)13-33-16(5)10-29-12-26-18-19(23)24-11-25-20(18)29/h11-12,14-16H,8-10,13H2,1-7H3,(H,28,32)(H,30,31)(H2,23,24,25)/t16-,35-/m1/s1. The van der Waals surface area contributed by atoms with Gasteiger partial charge in [-0.1, -0.05) is 32.9 Å². The number of nitrogen functional groups attached to an aromatic ring is 1. The molecule has 0 aliphatic carbocycles. The van der Waals surface area contributed by atoms with E-state index in [0.29, 0.717) is 42.4 Å². The van der Waals surface area contributed by atoms with E-state index in [4.69, 9.17) is 15.1 Å². The predicted octanol–water partition coefficient (Wildman–Crippen LogP) is 3.88. The van der Waals surface area contributed by atoms with Gasteiger partial charge in [0.05, 0.1) is 24.7 Å². The minimum atomic E-state index is -3.85. The highest BCUT2D eigenvalue weighted by Crippen LogP contribution is 2.45. The topological polar surface area (TPSA) is 167 Å². The van der Waals surface area contributed by atoms with Crippen molar-refractivity contribution in [3.63, 3.8) is 0 Å². The fourth-order valence-electron chi connectivity index (χ4n) is 3.36. The maximum atomic E-state index is 13.7. The normalized spacial score (nSPS) is 14.8. The summed E-state index contributed by atoms with van der Waals surface area (Å²) >= 11 is 0. The Labute approximate surface area is 206 Å². The van der Waals surface area contributed by atoms with Gasteiger partial charge >= 0.3 is 13.5 Å². The lowest BCUT2D eigenvalue weighted by Gasteiger charge is -2.27. The second-order valence-corrected chi connectivity index (χ2v) is 12.1. The van der Waals surface area contributed by atoms with E-state index in [9.17, 15) is 14.5 Å². The third-order valence-corrected chi connectivity index (χ3v) is 6.72. The Morgan fingerprint density at radius 1 is 1.20 bits per heavy atom. The zero-order valence-corrected chi connectivity index (χ0v) is 22.5. The maximum absolute atomic E-state index is 13.7. The van der Waals surface area contributed by atoms with Crippen LogP contribution in [0.1, 0.15) is 61.3 Å². The van der Waals surface area contributed by atoms with Gasteiger partial charge in [-0.15, -0.1) is 0 Å². The van der Waals surface area contributed by atoms with E-state index in [2.05, 4.69) is 52.9 Å². The first kappa shape index (κ1) is 28.7. The van der Waals surface area contributed by atoms with E-state index in [-0.39, 0.29) is 12.2 Å². The van der Waals surface area contributed by atoms with Crippen LogP contribution >= 0.6 is 7.52 Å². The number of hydrogen-bond acceptors (Lipinski definition) is 9. The molecule has 2 aromatic rings. The molecule has 0 aliphatic rings. The Kier molecular flexibility index (Phi) is 9.76. The monoisotopic (exact) mass is 511 g/mol. The number of nitrogens with two attached hydrogens (primary N) is 1. The van der Waals surface area contributed by atoms with Gasteiger partial charge in [0, 0.05) is 0 Å². The van der Waals surface area contributed by atoms with Crippen molar-refractivity contribution in [3.05, 3.63) is 12.7 Å². The molecular formula is C22H38N7O5P. The van der Waals surface area contributed by atoms with Gasteiger partial charge in [-0.2, -0.15) is 0 Å². The smallest absolute Gasteiger partial charge is 0.365 e. The minimum absolute atomic E-state index is 0.275. The Balaban J connectivity index is 2.19. The van der Waals surface area contributed by atoms with Crippen molar-refractivity contribution in [1.82, 2.24) is 24.6 Å². The molecule has 0 saturated heterocycles. The number of anilines is 1. The summed E-state index contributed by atoms with van der Waals surface area (Å²) in [6, 6.07) is 0. The molecule has 2 aromatic heterocycles. The number of nitrogens with one attached hydrogen (secondary N) is 1. The maximum Gasteiger partial charge on any atom is 0.365 e. The van der Waals surface area contributed by atoms with Crippen molar-refractivity contribution in [2.75, 3.05) is 12.1 Å². The molecule has 196 valence electrons. The number of carboxylic acids is 1. The Morgan fingerprint density at radius 3 is 2.40 bits per heavy atom. The molecule has 4 N–H and O–H groups in total. The summed E-state index contributed by atoms with van der Waals surface area (Å²) in [7, 11) is -3.85. The van der Waals surface area contributed by atoms with Gasteiger partial charge in [0.15, 0.2) is 11.5 Å². The molecule has 0 aromatic carbocycles. The number of aliphatic carboxylic acids is 1. The molecule has 0 bridgehead atoms. The van der Waals surface area contributed by atoms with Gasteiger partial charge in [-0.25, -0.2) is 20.0 Å². The summed E-state index contributed by atoms with van der Waals surface area (Å²) in [4.78, 5) is 24.0. The van der Waals surface area contributed by atoms with E-state index in [1.54, 1.807) is 17.8 Å². The Hall–Kier alpha value is -2.56. The average molecular weight is 512 g/mol. The largest absolute Gasteiger partial charge is 0.480 e. The van der Waals surface area contributed by atoms with E-state index >= 15 is 0 Å². The first-order chi connectivity index (χ1) is 16.2. The van der Waals surface area contributed by atoms with Crippen LogP contribution in [0.25, 0.3) is 11.2 Å². The van der Waals surface area contributed by atoms with Gasteiger partial charge < -0.3 is 24.8 Å². The lowest BCUT2D eigenvalue weighted by atomic mass is 9.99. The van der Waals surface area contributed by atoms with Gasteiger partial charge in [-0.3, -0.25) is 9.36 Å². The van der Waals surface area contributed by atoms with E-state index < -0.39 is 25.1 Å². The van der Waals surface area contributed by atoms with Crippen LogP contribution in [0.5, 0.6) is 0 Å². The summed E-state index contributed by atoms with van der Waals surface area (Å²) in [6.45, 7) is 13.2. The highest BCUT2D eigenvalue weighted by Gasteiger charge is 2.38. The van der Waals surface area contributed by atoms with E-state index in [0.717, 1.165) is 5.71 Å². The van der Waals surface area contributed by atoms with E-state index in [1.165, 1.54) is 20.2 Å². The second-order valence-electron chi connectivity index (χ2n) is 10.1. The van der Waals surface area contributed by atoms with Crippen molar-refractivity contribution >= 4 is 36.2 Å². The average Bonchev–Trinajstić information content (AvgIpc) is 3.14. The highest BCUT2D eigenvalue weighted by molar-refractivity contribution is 7.56. The van der Waals surface area contributed by atoms with Gasteiger partial charge in [-0.05, 0) is 45.4 Å². The molecule has 2 rings (SSSR count). The summed E-state index contributed by atoms with van der Waals surface area (Å²) in [5.74, 6) is -0.238. The van der Waals surface area contributed by atoms with Crippen LogP contribution in [0.15, 0.2) is 17.8 Å². The molecule has 0 unspecified atom stereocenters. The number of fused-ring (bicyclic) bond motifs is 1. The lowest BCUT2D eigenvalue weighted by molar-refractivity contribution is -0.142. The number of oxime groups is 1. The SMILES string of the molecule is CC(C)CC(CC(C)C)=NO[P@](=O)(CO[C@H](C)Cn1cnc2c(N)ncnc21)NC(C)(C)C(=O)O. The van der Waals surface area contributed by atoms with Gasteiger partial charge in [0.2, 0.25) is 0 Å². The van der Waals surface area contributed by atoms with Crippen LogP contribution in [0.2, 0.25) is 0 Å². The third kappa shape index (κ3) is 8.55. The first-order valence-electron chi connectivity index (χ1n) is 11.6. The van der Waals surface area contributed by atoms with Crippen molar-refractivity contribution in [2.24, 2.45) is 17.0 Å². The number of ether oxygens (including phenoxy) is 1. The number of carbonyl (C=O) groups is 1. The van der Waals surface area contributed by atoms with Crippen molar-refractivity contribution in [2.45, 2.75) is 79.5 Å². The van der Waals surface area contributed by atoms with Crippen LogP contribution in [0.4, 0.5) is 5.82 Å². The molecule has 0 aliphatic heterocycles. The van der Waals surface area contributed by atoms with Crippen LogP contribution in [0.3, 0.4) is 0 Å². The number of imidazole rings is 1. The number of rotatable bonds is 14. The Bertz CT molecular complexity index is 1070. The lowest BCUT2D eigenvalue weighted by Crippen LogP contribution is -2.45. The molecular weight excluding hydrogens is 473 g/mol. The van der Waals surface area contributed by atoms with Gasteiger partial charge in [0.1, 0.15) is 23.7 Å². The van der Waals surface area contributed by atoms with Crippen molar-refractivity contribution in [1.29, 1.82) is 0 Å². The molecule has 2 atom stereocenters. The molecule has 0 fully saturated rings. The van der Waals surface area contributed by atoms with Crippen LogP contribution in [0, 0.1) is 11.8 Å². The predicted molar refractivity (Wildman–Crippen MR) is 135 cm³/mol. The molecule has 0 saturated carbocycles. The second kappa shape index (κ2) is 11.9. The molecule has 0 amide bonds. The van der Waals surface area contributed by atoms with Gasteiger partial charge in [0.25, 0.3) is 0 Å². The molecule has 12 nitrogen and oxygen atoms in total. The van der Waals surface area contributed by atoms with Crippen molar-refractivity contribution < 1.29 is 23.8 Å². The number of carboxylic acid groups (broad SMARTS) is 1. The molecule has 0 spiro atoms. The zero-order valence-electron chi connectivity index (χ0n) is 21.6. The fraction of sp³-hybridized carbons (Fsp3) is 0.682. The summed E-state index contributed by atoms with van der Waals surface area (Å²) in [6.07, 6.45) is 3.46. The molecule has 35 heavy (non-hydrogen) atoms. The van der Waals surface area contributed by atoms with Crippen molar-refractivity contribution in [3.8, 4) is 0 Å². The first-order valence-corrected chi connectivity index (χ1v) is 13.4. The zero-order chi connectivity index (χ0) is 26.4.